The minimum atomic E-state index is 0.286. The number of hydrogen-bond donors (Lipinski definition) is 3. The first-order chi connectivity index (χ1) is 10.1. The van der Waals surface area contributed by atoms with Crippen molar-refractivity contribution in [1.82, 2.24) is 0 Å². The Morgan fingerprint density at radius 2 is 1.81 bits per heavy atom. The minimum absolute atomic E-state index is 0.286. The van der Waals surface area contributed by atoms with Crippen molar-refractivity contribution in [2.24, 2.45) is 4.99 Å². The molecule has 0 saturated heterocycles. The number of nitrogens with zero attached hydrogens (tertiary/aromatic N) is 1. The van der Waals surface area contributed by atoms with E-state index in [4.69, 9.17) is 21.6 Å². The first-order valence-electron chi connectivity index (χ1n) is 6.42. The van der Waals surface area contributed by atoms with Crippen LogP contribution in [0, 0.1) is 5.41 Å². The third kappa shape index (κ3) is 2.72. The van der Waals surface area contributed by atoms with Crippen LogP contribution in [0.15, 0.2) is 41.4 Å². The van der Waals surface area contributed by atoms with Crippen molar-refractivity contribution in [3.8, 4) is 5.75 Å². The Balaban J connectivity index is 2.58. The van der Waals surface area contributed by atoms with Gasteiger partial charge in [0.2, 0.25) is 0 Å². The molecule has 0 aliphatic heterocycles. The molecule has 2 aromatic carbocycles. The molecule has 108 valence electrons. The van der Waals surface area contributed by atoms with Crippen LogP contribution in [0.25, 0.3) is 0 Å². The number of ether oxygens (including phenoxy) is 1. The molecule has 0 atom stereocenters. The molecular formula is C16H18N4O. The Labute approximate surface area is 123 Å². The lowest BCUT2D eigenvalue weighted by atomic mass is 9.95. The molecule has 0 heterocycles. The summed E-state index contributed by atoms with van der Waals surface area (Å²) < 4.78 is 5.20. The lowest BCUT2D eigenvalue weighted by Gasteiger charge is -2.13. The van der Waals surface area contributed by atoms with Crippen LogP contribution in [0.3, 0.4) is 0 Å². The van der Waals surface area contributed by atoms with E-state index in [-0.39, 0.29) is 5.71 Å². The molecule has 0 spiro atoms. The van der Waals surface area contributed by atoms with Gasteiger partial charge in [-0.05, 0) is 12.1 Å². The van der Waals surface area contributed by atoms with Gasteiger partial charge >= 0.3 is 0 Å². The molecule has 2 aromatic rings. The fourth-order valence-electron chi connectivity index (χ4n) is 2.16. The molecule has 0 bridgehead atoms. The van der Waals surface area contributed by atoms with E-state index in [0.29, 0.717) is 33.8 Å². The summed E-state index contributed by atoms with van der Waals surface area (Å²) in [6, 6.07) is 10.8. The van der Waals surface area contributed by atoms with Crippen molar-refractivity contribution in [1.29, 1.82) is 5.41 Å². The third-order valence-electron chi connectivity index (χ3n) is 3.22. The normalized spacial score (nSPS) is 10.8. The number of rotatable bonds is 4. The predicted molar refractivity (Wildman–Crippen MR) is 87.7 cm³/mol. The number of benzene rings is 2. The van der Waals surface area contributed by atoms with Crippen molar-refractivity contribution in [3.63, 3.8) is 0 Å². The van der Waals surface area contributed by atoms with E-state index in [1.165, 1.54) is 0 Å². The first-order valence-corrected chi connectivity index (χ1v) is 6.42. The maximum atomic E-state index is 8.45. The van der Waals surface area contributed by atoms with Gasteiger partial charge in [-0.1, -0.05) is 24.3 Å². The standard InChI is InChI=1S/C16H18N4O/c1-20-9-12-10(5-3-7-13(12)17)15(18)11-6-4-8-14(21-2)16(11)19/h3-9,18H,17,19H2,1-2H3. The van der Waals surface area contributed by atoms with Crippen molar-refractivity contribution < 1.29 is 4.74 Å². The number of para-hydroxylation sites is 1. The fraction of sp³-hybridized carbons (Fsp3) is 0.125. The zero-order valence-electron chi connectivity index (χ0n) is 12.1. The van der Waals surface area contributed by atoms with Crippen LogP contribution in [0.2, 0.25) is 0 Å². The SMILES string of the molecule is CN=Cc1c(N)cccc1C(=N)c1cccc(OC)c1N. The molecule has 2 rings (SSSR count). The van der Waals surface area contributed by atoms with Crippen molar-refractivity contribution in [3.05, 3.63) is 53.1 Å². The Kier molecular flexibility index (Phi) is 4.23. The molecule has 0 fully saturated rings. The summed E-state index contributed by atoms with van der Waals surface area (Å²) in [5.74, 6) is 0.548. The second kappa shape index (κ2) is 6.09. The summed E-state index contributed by atoms with van der Waals surface area (Å²) in [6.07, 6.45) is 1.65. The highest BCUT2D eigenvalue weighted by Gasteiger charge is 2.15. The molecule has 5 N–H and O–H groups in total. The van der Waals surface area contributed by atoms with Gasteiger partial charge in [-0.2, -0.15) is 0 Å². The summed E-state index contributed by atoms with van der Waals surface area (Å²) in [7, 11) is 3.22. The maximum Gasteiger partial charge on any atom is 0.142 e. The fourth-order valence-corrected chi connectivity index (χ4v) is 2.16. The smallest absolute Gasteiger partial charge is 0.142 e. The van der Waals surface area contributed by atoms with Crippen LogP contribution in [0.1, 0.15) is 16.7 Å². The summed E-state index contributed by atoms with van der Waals surface area (Å²) in [5.41, 5.74) is 15.3. The minimum Gasteiger partial charge on any atom is -0.495 e. The van der Waals surface area contributed by atoms with Crippen LogP contribution in [-0.4, -0.2) is 26.1 Å². The van der Waals surface area contributed by atoms with Gasteiger partial charge in [-0.15, -0.1) is 0 Å². The second-order valence-electron chi connectivity index (χ2n) is 4.49. The molecule has 0 saturated carbocycles. The van der Waals surface area contributed by atoms with E-state index in [0.717, 1.165) is 0 Å². The first kappa shape index (κ1) is 14.6. The van der Waals surface area contributed by atoms with Gasteiger partial charge in [0.05, 0.1) is 18.5 Å². The molecule has 0 unspecified atom stereocenters. The largest absolute Gasteiger partial charge is 0.495 e. The van der Waals surface area contributed by atoms with Crippen LogP contribution in [-0.2, 0) is 0 Å². The van der Waals surface area contributed by atoms with E-state index in [2.05, 4.69) is 4.99 Å². The maximum absolute atomic E-state index is 8.45. The van der Waals surface area contributed by atoms with Crippen LogP contribution >= 0.6 is 0 Å². The Hall–Kier alpha value is -2.82. The van der Waals surface area contributed by atoms with Crippen LogP contribution < -0.4 is 16.2 Å². The highest BCUT2D eigenvalue weighted by molar-refractivity contribution is 6.18. The monoisotopic (exact) mass is 282 g/mol. The molecule has 0 aromatic heterocycles. The average molecular weight is 282 g/mol. The Bertz CT molecular complexity index is 707. The van der Waals surface area contributed by atoms with E-state index in [9.17, 15) is 0 Å². The number of methoxy groups -OCH3 is 1. The number of aliphatic imine (C=N–C) groups is 1. The van der Waals surface area contributed by atoms with Gasteiger partial charge in [-0.3, -0.25) is 10.4 Å². The molecule has 5 heteroatoms. The molecule has 0 radical (unpaired) electrons. The average Bonchev–Trinajstić information content (AvgIpc) is 2.49. The zero-order valence-corrected chi connectivity index (χ0v) is 12.1. The summed E-state index contributed by atoms with van der Waals surface area (Å²) in [4.78, 5) is 4.00. The Morgan fingerprint density at radius 1 is 1.14 bits per heavy atom. The molecule has 5 nitrogen and oxygen atoms in total. The molecule has 21 heavy (non-hydrogen) atoms. The second-order valence-corrected chi connectivity index (χ2v) is 4.49. The van der Waals surface area contributed by atoms with Gasteiger partial charge in [0.1, 0.15) is 5.75 Å². The molecular weight excluding hydrogens is 264 g/mol. The number of anilines is 2. The third-order valence-corrected chi connectivity index (χ3v) is 3.22. The Morgan fingerprint density at radius 3 is 2.48 bits per heavy atom. The topological polar surface area (TPSA) is 97.5 Å². The number of nitrogen functional groups attached to an aromatic ring is 2. The van der Waals surface area contributed by atoms with E-state index >= 15 is 0 Å². The summed E-state index contributed by atoms with van der Waals surface area (Å²) in [5, 5.41) is 8.45. The van der Waals surface area contributed by atoms with Crippen molar-refractivity contribution >= 4 is 23.3 Å². The number of nitrogens with one attached hydrogen (secondary N) is 1. The predicted octanol–water partition coefficient (Wildman–Crippen LogP) is 2.32. The van der Waals surface area contributed by atoms with E-state index in [1.807, 2.05) is 12.1 Å². The highest BCUT2D eigenvalue weighted by Crippen LogP contribution is 2.28. The van der Waals surface area contributed by atoms with Crippen molar-refractivity contribution in [2.45, 2.75) is 0 Å². The lowest BCUT2D eigenvalue weighted by Crippen LogP contribution is -2.10. The molecule has 0 aliphatic carbocycles. The number of nitrogens with two attached hydrogens (primary N) is 2. The quantitative estimate of drug-likeness (QED) is 0.593. The van der Waals surface area contributed by atoms with Gasteiger partial charge in [0.15, 0.2) is 0 Å². The molecule has 0 aliphatic rings. The van der Waals surface area contributed by atoms with Gasteiger partial charge in [0.25, 0.3) is 0 Å². The number of hydrogen-bond acceptors (Lipinski definition) is 5. The van der Waals surface area contributed by atoms with E-state index < -0.39 is 0 Å². The van der Waals surface area contributed by atoms with Gasteiger partial charge < -0.3 is 16.2 Å². The lowest BCUT2D eigenvalue weighted by molar-refractivity contribution is 0.417. The summed E-state index contributed by atoms with van der Waals surface area (Å²) >= 11 is 0. The van der Waals surface area contributed by atoms with Crippen LogP contribution in [0.5, 0.6) is 5.75 Å². The molecule has 0 amide bonds. The van der Waals surface area contributed by atoms with Gasteiger partial charge in [0, 0.05) is 35.6 Å². The summed E-state index contributed by atoms with van der Waals surface area (Å²) in [6.45, 7) is 0. The van der Waals surface area contributed by atoms with Gasteiger partial charge in [-0.25, -0.2) is 0 Å². The van der Waals surface area contributed by atoms with Crippen LogP contribution in [0.4, 0.5) is 11.4 Å². The highest BCUT2D eigenvalue weighted by atomic mass is 16.5. The van der Waals surface area contributed by atoms with E-state index in [1.54, 1.807) is 44.6 Å². The zero-order chi connectivity index (χ0) is 15.4. The van der Waals surface area contributed by atoms with Crippen molar-refractivity contribution in [2.75, 3.05) is 25.6 Å².